The SMILES string of the molecule is CCCCc1ccc(Nc2nc(N)c3nc[nH]c3n2)cc1. The number of aryl methyl sites for hydroxylation is 1. The second kappa shape index (κ2) is 5.78. The van der Waals surface area contributed by atoms with E-state index in [4.69, 9.17) is 5.73 Å². The molecular weight excluding hydrogens is 264 g/mol. The number of aromatic amines is 1. The summed E-state index contributed by atoms with van der Waals surface area (Å²) in [7, 11) is 0. The van der Waals surface area contributed by atoms with Crippen LogP contribution in [0.5, 0.6) is 0 Å². The van der Waals surface area contributed by atoms with E-state index in [1.165, 1.54) is 18.4 Å². The number of hydrogen-bond acceptors (Lipinski definition) is 5. The summed E-state index contributed by atoms with van der Waals surface area (Å²) in [5, 5.41) is 3.16. The Labute approximate surface area is 122 Å². The third-order valence-electron chi connectivity index (χ3n) is 3.33. The highest BCUT2D eigenvalue weighted by Gasteiger charge is 2.07. The smallest absolute Gasteiger partial charge is 0.231 e. The van der Waals surface area contributed by atoms with Crippen molar-refractivity contribution in [3.05, 3.63) is 36.2 Å². The molecule has 108 valence electrons. The molecule has 6 nitrogen and oxygen atoms in total. The number of hydrogen-bond donors (Lipinski definition) is 3. The Morgan fingerprint density at radius 1 is 1.19 bits per heavy atom. The van der Waals surface area contributed by atoms with Gasteiger partial charge in [-0.1, -0.05) is 25.5 Å². The molecule has 21 heavy (non-hydrogen) atoms. The second-order valence-electron chi connectivity index (χ2n) is 4.96. The van der Waals surface area contributed by atoms with Gasteiger partial charge in [-0.3, -0.25) is 0 Å². The molecule has 0 radical (unpaired) electrons. The van der Waals surface area contributed by atoms with Crippen LogP contribution in [-0.2, 0) is 6.42 Å². The Kier molecular flexibility index (Phi) is 3.68. The molecule has 0 saturated heterocycles. The van der Waals surface area contributed by atoms with E-state index in [1.54, 1.807) is 6.33 Å². The van der Waals surface area contributed by atoms with Crippen LogP contribution in [0.15, 0.2) is 30.6 Å². The van der Waals surface area contributed by atoms with Crippen LogP contribution in [0, 0.1) is 0 Å². The van der Waals surface area contributed by atoms with Gasteiger partial charge in [-0.25, -0.2) is 4.98 Å². The number of H-pyrrole nitrogens is 1. The minimum atomic E-state index is 0.364. The molecular formula is C15H18N6. The molecule has 0 aliphatic rings. The van der Waals surface area contributed by atoms with Gasteiger partial charge < -0.3 is 16.0 Å². The second-order valence-corrected chi connectivity index (χ2v) is 4.96. The first-order valence-corrected chi connectivity index (χ1v) is 7.09. The van der Waals surface area contributed by atoms with Crippen LogP contribution in [0.2, 0.25) is 0 Å². The van der Waals surface area contributed by atoms with Gasteiger partial charge in [0.25, 0.3) is 0 Å². The molecule has 1 aromatic carbocycles. The maximum Gasteiger partial charge on any atom is 0.231 e. The largest absolute Gasteiger partial charge is 0.382 e. The standard InChI is InChI=1S/C15H18N6/c1-2-3-4-10-5-7-11(8-6-10)19-15-20-13(16)12-14(21-15)18-9-17-12/h5-9H,2-4H2,1H3,(H4,16,17,18,19,20,21). The van der Waals surface area contributed by atoms with E-state index in [1.807, 2.05) is 12.1 Å². The number of unbranched alkanes of at least 4 members (excludes halogenated alkanes) is 1. The Morgan fingerprint density at radius 3 is 2.76 bits per heavy atom. The highest BCUT2D eigenvalue weighted by molar-refractivity contribution is 5.82. The first-order valence-electron chi connectivity index (χ1n) is 7.09. The van der Waals surface area contributed by atoms with Gasteiger partial charge >= 0.3 is 0 Å². The molecule has 3 aromatic rings. The van der Waals surface area contributed by atoms with Gasteiger partial charge in [-0.2, -0.15) is 9.97 Å². The number of anilines is 3. The molecule has 0 aliphatic carbocycles. The van der Waals surface area contributed by atoms with Gasteiger partial charge in [0.2, 0.25) is 5.95 Å². The van der Waals surface area contributed by atoms with E-state index in [-0.39, 0.29) is 0 Å². The molecule has 0 unspecified atom stereocenters. The molecule has 0 aliphatic heterocycles. The van der Waals surface area contributed by atoms with Crippen molar-refractivity contribution in [3.63, 3.8) is 0 Å². The van der Waals surface area contributed by atoms with Gasteiger partial charge in [0.05, 0.1) is 6.33 Å². The van der Waals surface area contributed by atoms with Crippen molar-refractivity contribution in [3.8, 4) is 0 Å². The quantitative estimate of drug-likeness (QED) is 0.669. The molecule has 0 amide bonds. The Morgan fingerprint density at radius 2 is 2.00 bits per heavy atom. The van der Waals surface area contributed by atoms with E-state index in [0.717, 1.165) is 12.1 Å². The molecule has 0 atom stereocenters. The van der Waals surface area contributed by atoms with Crippen LogP contribution >= 0.6 is 0 Å². The Balaban J connectivity index is 1.78. The van der Waals surface area contributed by atoms with Gasteiger partial charge in [0.1, 0.15) is 5.52 Å². The summed E-state index contributed by atoms with van der Waals surface area (Å²) in [6.07, 6.45) is 5.09. The number of nitrogen functional groups attached to an aromatic ring is 1. The molecule has 0 saturated carbocycles. The summed E-state index contributed by atoms with van der Waals surface area (Å²) >= 11 is 0. The normalized spacial score (nSPS) is 10.9. The van der Waals surface area contributed by atoms with Crippen molar-refractivity contribution in [2.75, 3.05) is 11.1 Å². The van der Waals surface area contributed by atoms with E-state index >= 15 is 0 Å². The van der Waals surface area contributed by atoms with Crippen molar-refractivity contribution in [2.45, 2.75) is 26.2 Å². The number of nitrogens with one attached hydrogen (secondary N) is 2. The number of fused-ring (bicyclic) bond motifs is 1. The van der Waals surface area contributed by atoms with Crippen molar-refractivity contribution in [2.24, 2.45) is 0 Å². The third kappa shape index (κ3) is 2.94. The summed E-state index contributed by atoms with van der Waals surface area (Å²) in [6, 6.07) is 8.30. The van der Waals surface area contributed by atoms with Gasteiger partial charge in [-0.15, -0.1) is 0 Å². The predicted molar refractivity (Wildman–Crippen MR) is 84.4 cm³/mol. The fourth-order valence-electron chi connectivity index (χ4n) is 2.18. The summed E-state index contributed by atoms with van der Waals surface area (Å²) in [5.74, 6) is 0.828. The van der Waals surface area contributed by atoms with Gasteiger partial charge in [0.15, 0.2) is 11.5 Å². The third-order valence-corrected chi connectivity index (χ3v) is 3.33. The van der Waals surface area contributed by atoms with Crippen molar-refractivity contribution >= 4 is 28.6 Å². The maximum atomic E-state index is 5.86. The number of nitrogens with two attached hydrogens (primary N) is 1. The number of imidazole rings is 1. The van der Waals surface area contributed by atoms with Crippen LogP contribution in [0.3, 0.4) is 0 Å². The highest BCUT2D eigenvalue weighted by Crippen LogP contribution is 2.19. The Hall–Kier alpha value is -2.63. The van der Waals surface area contributed by atoms with Crippen LogP contribution in [0.1, 0.15) is 25.3 Å². The molecule has 2 aromatic heterocycles. The predicted octanol–water partition coefficient (Wildman–Crippen LogP) is 3.02. The molecule has 6 heteroatoms. The summed E-state index contributed by atoms with van der Waals surface area (Å²) < 4.78 is 0. The van der Waals surface area contributed by atoms with E-state index < -0.39 is 0 Å². The summed E-state index contributed by atoms with van der Waals surface area (Å²) in [4.78, 5) is 15.6. The van der Waals surface area contributed by atoms with Gasteiger partial charge in [-0.05, 0) is 30.5 Å². The average molecular weight is 282 g/mol. The summed E-state index contributed by atoms with van der Waals surface area (Å²) in [5.41, 5.74) is 9.36. The zero-order chi connectivity index (χ0) is 14.7. The average Bonchev–Trinajstić information content (AvgIpc) is 2.95. The number of rotatable bonds is 5. The lowest BCUT2D eigenvalue weighted by atomic mass is 10.1. The Bertz CT molecular complexity index is 732. The minimum Gasteiger partial charge on any atom is -0.382 e. The monoisotopic (exact) mass is 282 g/mol. The summed E-state index contributed by atoms with van der Waals surface area (Å²) in [6.45, 7) is 2.20. The van der Waals surface area contributed by atoms with Crippen LogP contribution in [0.25, 0.3) is 11.2 Å². The van der Waals surface area contributed by atoms with E-state index in [2.05, 4.69) is 44.3 Å². The number of aromatic nitrogens is 4. The van der Waals surface area contributed by atoms with Gasteiger partial charge in [0, 0.05) is 5.69 Å². The van der Waals surface area contributed by atoms with Crippen molar-refractivity contribution in [1.82, 2.24) is 19.9 Å². The lowest BCUT2D eigenvalue weighted by Gasteiger charge is -2.07. The lowest BCUT2D eigenvalue weighted by Crippen LogP contribution is -2.01. The molecule has 4 N–H and O–H groups in total. The van der Waals surface area contributed by atoms with Crippen molar-refractivity contribution in [1.29, 1.82) is 0 Å². The zero-order valence-electron chi connectivity index (χ0n) is 11.9. The number of benzene rings is 1. The molecule has 3 rings (SSSR count). The highest BCUT2D eigenvalue weighted by atomic mass is 15.2. The lowest BCUT2D eigenvalue weighted by molar-refractivity contribution is 0.795. The van der Waals surface area contributed by atoms with Crippen LogP contribution in [0.4, 0.5) is 17.5 Å². The first kappa shape index (κ1) is 13.4. The van der Waals surface area contributed by atoms with Crippen LogP contribution in [-0.4, -0.2) is 19.9 Å². The topological polar surface area (TPSA) is 92.5 Å². The van der Waals surface area contributed by atoms with E-state index in [0.29, 0.717) is 22.9 Å². The van der Waals surface area contributed by atoms with Crippen LogP contribution < -0.4 is 11.1 Å². The fraction of sp³-hybridized carbons (Fsp3) is 0.267. The molecule has 0 bridgehead atoms. The first-order chi connectivity index (χ1) is 10.3. The van der Waals surface area contributed by atoms with E-state index in [9.17, 15) is 0 Å². The van der Waals surface area contributed by atoms with Crippen molar-refractivity contribution < 1.29 is 0 Å². The fourth-order valence-corrected chi connectivity index (χ4v) is 2.18. The molecule has 0 fully saturated rings. The molecule has 0 spiro atoms. The molecule has 2 heterocycles. The maximum absolute atomic E-state index is 5.86. The zero-order valence-corrected chi connectivity index (χ0v) is 11.9. The number of nitrogens with zero attached hydrogens (tertiary/aromatic N) is 3. The minimum absolute atomic E-state index is 0.364.